The molecule has 3 aromatic rings. The minimum Gasteiger partial charge on any atom is -0.444 e. The molecule has 0 unspecified atom stereocenters. The van der Waals surface area contributed by atoms with E-state index in [2.05, 4.69) is 36.4 Å². The first-order valence-electron chi connectivity index (χ1n) is 12.2. The summed E-state index contributed by atoms with van der Waals surface area (Å²) < 4.78 is 27.6. The van der Waals surface area contributed by atoms with Crippen LogP contribution in [0.25, 0.3) is 0 Å². The third-order valence-corrected chi connectivity index (χ3v) is 6.38. The number of alkyl halides is 1. The Hall–Kier alpha value is -3.18. The third kappa shape index (κ3) is 5.73. The highest BCUT2D eigenvalue weighted by molar-refractivity contribution is 5.68. The minimum atomic E-state index is -1.20. The summed E-state index contributed by atoms with van der Waals surface area (Å²) in [5.41, 5.74) is 1.46. The number of rotatable bonds is 6. The molecule has 0 aliphatic carbocycles. The second-order valence-electron chi connectivity index (χ2n) is 10.1. The fourth-order valence-electron chi connectivity index (χ4n) is 4.63. The Morgan fingerprint density at radius 2 is 1.31 bits per heavy atom. The number of ether oxygens (including phenoxy) is 2. The Balaban J connectivity index is 1.60. The van der Waals surface area contributed by atoms with E-state index in [1.165, 1.54) is 4.90 Å². The van der Waals surface area contributed by atoms with Crippen LogP contribution in [0.1, 0.15) is 43.9 Å². The van der Waals surface area contributed by atoms with Gasteiger partial charge in [-0.05, 0) is 43.9 Å². The van der Waals surface area contributed by atoms with Gasteiger partial charge in [0.25, 0.3) is 0 Å². The van der Waals surface area contributed by atoms with E-state index < -0.39 is 23.5 Å². The van der Waals surface area contributed by atoms with Crippen molar-refractivity contribution in [1.82, 2.24) is 4.90 Å². The van der Waals surface area contributed by atoms with Gasteiger partial charge < -0.3 is 14.4 Å². The average molecular weight is 475 g/mol. The molecule has 35 heavy (non-hydrogen) atoms. The van der Waals surface area contributed by atoms with Gasteiger partial charge in [-0.25, -0.2) is 9.18 Å². The maximum atomic E-state index is 15.3. The molecule has 0 spiro atoms. The number of hydrogen-bond acceptors (Lipinski definition) is 3. The van der Waals surface area contributed by atoms with Crippen molar-refractivity contribution >= 4 is 6.09 Å². The molecule has 0 N–H and O–H groups in total. The number of halogens is 1. The molecule has 1 heterocycles. The third-order valence-electron chi connectivity index (χ3n) is 6.38. The first-order chi connectivity index (χ1) is 16.8. The minimum absolute atomic E-state index is 0.0119. The summed E-state index contributed by atoms with van der Waals surface area (Å²) in [6.45, 7) is 6.12. The molecule has 3 aromatic carbocycles. The van der Waals surface area contributed by atoms with Crippen LogP contribution in [0.4, 0.5) is 9.18 Å². The molecule has 1 saturated heterocycles. The standard InChI is InChI=1S/C30H34FNO3/c1-29(2,3)35-28(33)32-20-19-23(27(31)21-32)22-34-30(24-13-7-4-8-14-24,25-15-9-5-10-16-25)26-17-11-6-12-18-26/h4-18,23,27H,19-22H2,1-3H3/t23-,27+/m1/s1/i31-1. The summed E-state index contributed by atoms with van der Waals surface area (Å²) in [4.78, 5) is 13.9. The van der Waals surface area contributed by atoms with Crippen LogP contribution in [-0.4, -0.2) is 42.5 Å². The Kier molecular flexibility index (Phi) is 7.56. The van der Waals surface area contributed by atoms with Gasteiger partial charge in [-0.15, -0.1) is 0 Å². The summed E-state index contributed by atoms with van der Waals surface area (Å²) in [5.74, 6) is -0.329. The highest BCUT2D eigenvalue weighted by Crippen LogP contribution is 2.41. The van der Waals surface area contributed by atoms with Crippen LogP contribution in [0.5, 0.6) is 0 Å². The van der Waals surface area contributed by atoms with Crippen molar-refractivity contribution in [3.8, 4) is 0 Å². The Labute approximate surface area is 207 Å². The topological polar surface area (TPSA) is 38.8 Å². The molecule has 4 nitrogen and oxygen atoms in total. The van der Waals surface area contributed by atoms with Crippen LogP contribution >= 0.6 is 0 Å². The van der Waals surface area contributed by atoms with Crippen LogP contribution in [-0.2, 0) is 15.1 Å². The molecule has 1 aliphatic heterocycles. The molecule has 0 saturated carbocycles. The van der Waals surface area contributed by atoms with Gasteiger partial charge in [0.05, 0.1) is 13.2 Å². The van der Waals surface area contributed by atoms with Gasteiger partial charge in [0.1, 0.15) is 17.4 Å². The lowest BCUT2D eigenvalue weighted by atomic mass is 9.80. The number of carbonyl (C=O) groups is 1. The van der Waals surface area contributed by atoms with E-state index in [0.29, 0.717) is 13.0 Å². The first-order valence-corrected chi connectivity index (χ1v) is 12.2. The van der Waals surface area contributed by atoms with Crippen molar-refractivity contribution < 1.29 is 18.7 Å². The van der Waals surface area contributed by atoms with E-state index in [0.717, 1.165) is 16.7 Å². The van der Waals surface area contributed by atoms with Gasteiger partial charge in [-0.1, -0.05) is 91.0 Å². The van der Waals surface area contributed by atoms with Crippen molar-refractivity contribution in [2.45, 2.75) is 44.6 Å². The van der Waals surface area contributed by atoms with E-state index in [9.17, 15) is 4.79 Å². The molecule has 184 valence electrons. The highest BCUT2D eigenvalue weighted by atomic mass is 18.2. The Bertz CT molecular complexity index is 986. The van der Waals surface area contributed by atoms with Crippen molar-refractivity contribution in [1.29, 1.82) is 0 Å². The van der Waals surface area contributed by atoms with Crippen LogP contribution in [0.3, 0.4) is 0 Å². The van der Waals surface area contributed by atoms with E-state index in [-0.39, 0.29) is 19.1 Å². The van der Waals surface area contributed by atoms with Crippen LogP contribution in [0.15, 0.2) is 91.0 Å². The SMILES string of the molecule is CC(C)(C)OC(=O)N1CC[C@H](COC(c2ccccc2)(c2ccccc2)c2ccccc2)[C@@H]([18F])C1. The van der Waals surface area contributed by atoms with Crippen LogP contribution in [0.2, 0.25) is 0 Å². The fourth-order valence-corrected chi connectivity index (χ4v) is 4.63. The summed E-state index contributed by atoms with van der Waals surface area (Å²) in [6, 6.07) is 30.2. The predicted octanol–water partition coefficient (Wildman–Crippen LogP) is 6.59. The second kappa shape index (κ2) is 10.6. The second-order valence-corrected chi connectivity index (χ2v) is 10.1. The smallest absolute Gasteiger partial charge is 0.410 e. The zero-order chi connectivity index (χ0) is 24.9. The normalized spacial score (nSPS) is 18.8. The van der Waals surface area contributed by atoms with Crippen LogP contribution in [0, 0.1) is 5.92 Å². The maximum Gasteiger partial charge on any atom is 0.410 e. The molecule has 1 amide bonds. The summed E-state index contributed by atoms with van der Waals surface area (Å²) in [5, 5.41) is 0. The van der Waals surface area contributed by atoms with Gasteiger partial charge in [0, 0.05) is 12.5 Å². The van der Waals surface area contributed by atoms with Crippen molar-refractivity contribution in [2.24, 2.45) is 5.92 Å². The zero-order valence-corrected chi connectivity index (χ0v) is 20.7. The largest absolute Gasteiger partial charge is 0.444 e. The lowest BCUT2D eigenvalue weighted by Crippen LogP contribution is -2.48. The van der Waals surface area contributed by atoms with Gasteiger partial charge in [-0.3, -0.25) is 0 Å². The number of piperidine rings is 1. The quantitative estimate of drug-likeness (QED) is 0.378. The number of hydrogen-bond donors (Lipinski definition) is 0. The van der Waals surface area contributed by atoms with Crippen molar-refractivity contribution in [3.63, 3.8) is 0 Å². The molecule has 4 rings (SSSR count). The van der Waals surface area contributed by atoms with Crippen molar-refractivity contribution in [3.05, 3.63) is 108 Å². The number of nitrogens with zero attached hydrogens (tertiary/aromatic N) is 1. The summed E-state index contributed by atoms with van der Waals surface area (Å²) in [6.07, 6.45) is -1.16. The van der Waals surface area contributed by atoms with E-state index in [4.69, 9.17) is 9.47 Å². The molecule has 0 aromatic heterocycles. The Morgan fingerprint density at radius 1 is 0.857 bits per heavy atom. The molecule has 0 radical (unpaired) electrons. The zero-order valence-electron chi connectivity index (χ0n) is 20.7. The summed E-state index contributed by atoms with van der Waals surface area (Å²) >= 11 is 0. The van der Waals surface area contributed by atoms with Gasteiger partial charge >= 0.3 is 6.09 Å². The summed E-state index contributed by atoms with van der Waals surface area (Å²) in [7, 11) is 0. The maximum absolute atomic E-state index is 15.3. The van der Waals surface area contributed by atoms with E-state index >= 15 is 4.39 Å². The lowest BCUT2D eigenvalue weighted by Gasteiger charge is -2.40. The Morgan fingerprint density at radius 3 is 1.71 bits per heavy atom. The first kappa shape index (κ1) is 24.9. The van der Waals surface area contributed by atoms with E-state index in [1.54, 1.807) is 0 Å². The molecular formula is C30H34FNO3. The van der Waals surface area contributed by atoms with Crippen LogP contribution < -0.4 is 0 Å². The molecule has 1 fully saturated rings. The van der Waals surface area contributed by atoms with Gasteiger partial charge in [0.2, 0.25) is 0 Å². The monoisotopic (exact) mass is 474 g/mol. The van der Waals surface area contributed by atoms with E-state index in [1.807, 2.05) is 75.4 Å². The number of carbonyl (C=O) groups excluding carboxylic acids is 1. The number of benzene rings is 3. The number of likely N-dealkylation sites (tertiary alicyclic amines) is 1. The van der Waals surface area contributed by atoms with Crippen molar-refractivity contribution in [2.75, 3.05) is 19.7 Å². The predicted molar refractivity (Wildman–Crippen MR) is 136 cm³/mol. The van der Waals surface area contributed by atoms with Gasteiger partial charge in [0.15, 0.2) is 0 Å². The van der Waals surface area contributed by atoms with Gasteiger partial charge in [-0.2, -0.15) is 0 Å². The molecule has 0 bridgehead atoms. The highest BCUT2D eigenvalue weighted by Gasteiger charge is 2.40. The lowest BCUT2D eigenvalue weighted by molar-refractivity contribution is -0.0464. The average Bonchev–Trinajstić information content (AvgIpc) is 2.86. The number of amides is 1. The molecule has 1 aliphatic rings. The molecular weight excluding hydrogens is 440 g/mol. The fraction of sp³-hybridized carbons (Fsp3) is 0.367. The molecule has 2 atom stereocenters. The molecule has 5 heteroatoms.